The minimum Gasteiger partial charge on any atom is -0.465 e. The molecule has 1 aliphatic rings. The van der Waals surface area contributed by atoms with Crippen LogP contribution in [0.1, 0.15) is 17.3 Å². The number of rotatable bonds is 7. The predicted molar refractivity (Wildman–Crippen MR) is 141 cm³/mol. The average Bonchev–Trinajstić information content (AvgIpc) is 3.23. The number of amides is 2. The van der Waals surface area contributed by atoms with Crippen molar-refractivity contribution in [2.75, 3.05) is 49.7 Å². The number of anilines is 1. The highest BCUT2D eigenvalue weighted by Crippen LogP contribution is 2.20. The molecular weight excluding hydrogens is 516 g/mol. The number of aryl methyl sites for hydroxylation is 1. The van der Waals surface area contributed by atoms with Gasteiger partial charge in [0.05, 0.1) is 22.9 Å². The van der Waals surface area contributed by atoms with Gasteiger partial charge in [0.15, 0.2) is 14.6 Å². The number of thiazole rings is 1. The van der Waals surface area contributed by atoms with Crippen molar-refractivity contribution in [1.29, 1.82) is 0 Å². The Morgan fingerprint density at radius 2 is 1.70 bits per heavy atom. The lowest BCUT2D eigenvalue weighted by Crippen LogP contribution is -2.50. The summed E-state index contributed by atoms with van der Waals surface area (Å²) < 4.78 is 32.5. The standard InChI is InChI=1S/C25H28N4O6S2/c1-3-29-20-10-9-18(24(32)35-2)15-21(20)36-25(29)26-22(30)16-37(33,34)17-23(31)28-13-11-27(12-14-28)19-7-5-4-6-8-19/h4-10,15H,3,11-14,16-17H2,1-2H3. The number of piperazine rings is 1. The van der Waals surface area contributed by atoms with E-state index in [4.69, 9.17) is 4.74 Å². The fourth-order valence-electron chi connectivity index (χ4n) is 4.22. The van der Waals surface area contributed by atoms with E-state index in [-0.39, 0.29) is 0 Å². The van der Waals surface area contributed by atoms with Gasteiger partial charge in [0.25, 0.3) is 5.91 Å². The Balaban J connectivity index is 1.41. The third kappa shape index (κ3) is 6.25. The average molecular weight is 545 g/mol. The first kappa shape index (κ1) is 26.6. The van der Waals surface area contributed by atoms with E-state index in [1.54, 1.807) is 22.8 Å². The topological polar surface area (TPSA) is 118 Å². The molecule has 2 amide bonds. The Morgan fingerprint density at radius 3 is 2.35 bits per heavy atom. The molecule has 3 aromatic rings. The third-order valence-corrected chi connectivity index (χ3v) is 8.50. The van der Waals surface area contributed by atoms with Crippen LogP contribution >= 0.6 is 11.3 Å². The molecule has 10 nitrogen and oxygen atoms in total. The molecule has 196 valence electrons. The highest BCUT2D eigenvalue weighted by Gasteiger charge is 2.27. The number of carbonyl (C=O) groups excluding carboxylic acids is 3. The number of esters is 1. The highest BCUT2D eigenvalue weighted by atomic mass is 32.2. The van der Waals surface area contributed by atoms with E-state index >= 15 is 0 Å². The minimum absolute atomic E-state index is 0.322. The van der Waals surface area contributed by atoms with Gasteiger partial charge in [-0.3, -0.25) is 9.59 Å². The van der Waals surface area contributed by atoms with Gasteiger partial charge in [0.1, 0.15) is 11.5 Å². The summed E-state index contributed by atoms with van der Waals surface area (Å²) in [7, 11) is -2.71. The Labute approximate surface area is 218 Å². The quantitative estimate of drug-likeness (QED) is 0.416. The lowest BCUT2D eigenvalue weighted by molar-refractivity contribution is -0.128. The molecule has 2 heterocycles. The van der Waals surface area contributed by atoms with E-state index in [0.717, 1.165) is 11.2 Å². The second-order valence-corrected chi connectivity index (χ2v) is 11.6. The van der Waals surface area contributed by atoms with Gasteiger partial charge in [-0.15, -0.1) is 0 Å². The maximum absolute atomic E-state index is 12.7. The molecule has 37 heavy (non-hydrogen) atoms. The third-order valence-electron chi connectivity index (χ3n) is 6.08. The van der Waals surface area contributed by atoms with Crippen LogP contribution in [-0.2, 0) is 30.7 Å². The summed E-state index contributed by atoms with van der Waals surface area (Å²) in [5.41, 5.74) is 2.18. The molecular formula is C25H28N4O6S2. The molecule has 1 fully saturated rings. The maximum Gasteiger partial charge on any atom is 0.337 e. The first-order valence-corrected chi connectivity index (χ1v) is 14.4. The lowest BCUT2D eigenvalue weighted by Gasteiger charge is -2.36. The summed E-state index contributed by atoms with van der Waals surface area (Å²) in [6.45, 7) is 4.39. The highest BCUT2D eigenvalue weighted by molar-refractivity contribution is 7.92. The maximum atomic E-state index is 12.7. The molecule has 1 saturated heterocycles. The van der Waals surface area contributed by atoms with Crippen molar-refractivity contribution in [2.45, 2.75) is 13.5 Å². The number of benzene rings is 2. The number of ether oxygens (including phenoxy) is 1. The van der Waals surface area contributed by atoms with Gasteiger partial charge >= 0.3 is 5.97 Å². The van der Waals surface area contributed by atoms with Crippen LogP contribution in [0.15, 0.2) is 53.5 Å². The smallest absolute Gasteiger partial charge is 0.337 e. The molecule has 4 rings (SSSR count). The summed E-state index contributed by atoms with van der Waals surface area (Å²) in [6, 6.07) is 14.8. The van der Waals surface area contributed by atoms with Crippen molar-refractivity contribution in [2.24, 2.45) is 4.99 Å². The Kier molecular flexibility index (Phi) is 8.08. The number of hydrogen-bond donors (Lipinski definition) is 0. The summed E-state index contributed by atoms with van der Waals surface area (Å²) in [5.74, 6) is -3.42. The van der Waals surface area contributed by atoms with Crippen molar-refractivity contribution in [3.63, 3.8) is 0 Å². The lowest BCUT2D eigenvalue weighted by atomic mass is 10.2. The van der Waals surface area contributed by atoms with Crippen molar-refractivity contribution in [3.8, 4) is 0 Å². The molecule has 0 aliphatic carbocycles. The van der Waals surface area contributed by atoms with Crippen LogP contribution in [0.3, 0.4) is 0 Å². The molecule has 0 N–H and O–H groups in total. The normalized spacial score (nSPS) is 14.7. The van der Waals surface area contributed by atoms with Crippen LogP contribution in [-0.4, -0.2) is 80.5 Å². The zero-order valence-corrected chi connectivity index (χ0v) is 22.3. The Hall–Kier alpha value is -3.51. The van der Waals surface area contributed by atoms with Crippen LogP contribution in [0.25, 0.3) is 10.2 Å². The summed E-state index contributed by atoms with van der Waals surface area (Å²) in [5, 5.41) is 0. The number of methoxy groups -OCH3 is 1. The van der Waals surface area contributed by atoms with Crippen LogP contribution in [0, 0.1) is 0 Å². The van der Waals surface area contributed by atoms with Crippen LogP contribution in [0.2, 0.25) is 0 Å². The van der Waals surface area contributed by atoms with E-state index in [0.29, 0.717) is 47.8 Å². The van der Waals surface area contributed by atoms with Gasteiger partial charge in [-0.1, -0.05) is 29.5 Å². The first-order chi connectivity index (χ1) is 17.7. The number of fused-ring (bicyclic) bond motifs is 1. The molecule has 0 spiro atoms. The Morgan fingerprint density at radius 1 is 1.00 bits per heavy atom. The second kappa shape index (κ2) is 11.3. The van der Waals surface area contributed by atoms with Crippen LogP contribution in [0.4, 0.5) is 5.69 Å². The summed E-state index contributed by atoms with van der Waals surface area (Å²) in [6.07, 6.45) is 0. The minimum atomic E-state index is -4.00. The van der Waals surface area contributed by atoms with E-state index in [1.165, 1.54) is 23.3 Å². The molecule has 1 aliphatic heterocycles. The molecule has 0 unspecified atom stereocenters. The number of nitrogens with zero attached hydrogens (tertiary/aromatic N) is 4. The van der Waals surface area contributed by atoms with Gasteiger partial charge in [-0.05, 0) is 37.3 Å². The first-order valence-electron chi connectivity index (χ1n) is 11.8. The van der Waals surface area contributed by atoms with Gasteiger partial charge in [-0.2, -0.15) is 4.99 Å². The Bertz CT molecular complexity index is 1490. The molecule has 0 bridgehead atoms. The van der Waals surface area contributed by atoms with Crippen molar-refractivity contribution in [1.82, 2.24) is 9.47 Å². The zero-order valence-electron chi connectivity index (χ0n) is 20.6. The van der Waals surface area contributed by atoms with E-state index < -0.39 is 39.1 Å². The van der Waals surface area contributed by atoms with Gasteiger partial charge in [0.2, 0.25) is 5.91 Å². The number of carbonyl (C=O) groups is 3. The fraction of sp³-hybridized carbons (Fsp3) is 0.360. The number of para-hydroxylation sites is 1. The molecule has 0 atom stereocenters. The zero-order chi connectivity index (χ0) is 26.6. The van der Waals surface area contributed by atoms with Crippen LogP contribution < -0.4 is 9.70 Å². The van der Waals surface area contributed by atoms with E-state index in [1.807, 2.05) is 37.3 Å². The molecule has 12 heteroatoms. The number of hydrogen-bond acceptors (Lipinski definition) is 8. The number of aromatic nitrogens is 1. The molecule has 0 saturated carbocycles. The van der Waals surface area contributed by atoms with Gasteiger partial charge in [0, 0.05) is 38.4 Å². The van der Waals surface area contributed by atoms with Crippen molar-refractivity contribution < 1.29 is 27.5 Å². The monoisotopic (exact) mass is 544 g/mol. The van der Waals surface area contributed by atoms with Crippen molar-refractivity contribution in [3.05, 3.63) is 58.9 Å². The predicted octanol–water partition coefficient (Wildman–Crippen LogP) is 1.70. The number of sulfone groups is 1. The van der Waals surface area contributed by atoms with E-state index in [9.17, 15) is 22.8 Å². The fourth-order valence-corrected chi connectivity index (χ4v) is 6.47. The van der Waals surface area contributed by atoms with Crippen molar-refractivity contribution >= 4 is 54.9 Å². The SMILES string of the molecule is CCn1c(=NC(=O)CS(=O)(=O)CC(=O)N2CCN(c3ccccc3)CC2)sc2cc(C(=O)OC)ccc21. The summed E-state index contributed by atoms with van der Waals surface area (Å²) in [4.78, 5) is 45.1. The van der Waals surface area contributed by atoms with Crippen LogP contribution in [0.5, 0.6) is 0 Å². The largest absolute Gasteiger partial charge is 0.465 e. The summed E-state index contributed by atoms with van der Waals surface area (Å²) >= 11 is 1.17. The second-order valence-electron chi connectivity index (χ2n) is 8.54. The molecule has 2 aromatic carbocycles. The van der Waals surface area contributed by atoms with Gasteiger partial charge in [-0.25, -0.2) is 13.2 Å². The molecule has 1 aromatic heterocycles. The molecule has 0 radical (unpaired) electrons. The van der Waals surface area contributed by atoms with E-state index in [2.05, 4.69) is 9.89 Å². The van der Waals surface area contributed by atoms with Gasteiger partial charge < -0.3 is 19.1 Å².